The van der Waals surface area contributed by atoms with Crippen molar-refractivity contribution in [3.8, 4) is 0 Å². The minimum Gasteiger partial charge on any atom is -0.396 e. The number of carbonyl (C=O) groups excluding carboxylic acids is 1. The topological polar surface area (TPSA) is 61.4 Å². The Kier molecular flexibility index (Phi) is 6.07. The first-order chi connectivity index (χ1) is 12.3. The number of nitrogens with one attached hydrogen (secondary N) is 2. The van der Waals surface area contributed by atoms with Gasteiger partial charge in [0.15, 0.2) is 0 Å². The van der Waals surface area contributed by atoms with Crippen molar-refractivity contribution in [2.75, 3.05) is 6.61 Å². The highest BCUT2D eigenvalue weighted by atomic mass is 16.3. The number of urea groups is 1. The lowest BCUT2D eigenvalue weighted by atomic mass is 9.87. The molecule has 3 rings (SSSR count). The van der Waals surface area contributed by atoms with Crippen LogP contribution in [0.3, 0.4) is 0 Å². The summed E-state index contributed by atoms with van der Waals surface area (Å²) in [5.74, 6) is 0.391. The van der Waals surface area contributed by atoms with Gasteiger partial charge in [-0.25, -0.2) is 4.79 Å². The molecule has 0 saturated heterocycles. The Balaban J connectivity index is 1.65. The first-order valence-corrected chi connectivity index (χ1v) is 9.04. The Hall–Kier alpha value is -2.33. The molecule has 0 bridgehead atoms. The monoisotopic (exact) mass is 338 g/mol. The summed E-state index contributed by atoms with van der Waals surface area (Å²) in [7, 11) is 0. The van der Waals surface area contributed by atoms with Gasteiger partial charge < -0.3 is 15.7 Å². The van der Waals surface area contributed by atoms with Crippen molar-refractivity contribution in [1.29, 1.82) is 0 Å². The third kappa shape index (κ3) is 4.83. The van der Waals surface area contributed by atoms with E-state index in [9.17, 15) is 9.90 Å². The SMILES string of the molecule is O=C(NC1CCC(CO)CC1)NC(c1ccccc1)c1ccccc1. The zero-order chi connectivity index (χ0) is 17.5. The fraction of sp³-hybridized carbons (Fsp3) is 0.381. The normalized spacial score (nSPS) is 20.2. The largest absolute Gasteiger partial charge is 0.396 e. The van der Waals surface area contributed by atoms with Crippen LogP contribution in [0.5, 0.6) is 0 Å². The van der Waals surface area contributed by atoms with Gasteiger partial charge in [0.2, 0.25) is 0 Å². The van der Waals surface area contributed by atoms with E-state index in [-0.39, 0.29) is 24.7 Å². The summed E-state index contributed by atoms with van der Waals surface area (Å²) in [6.07, 6.45) is 3.81. The molecule has 2 aromatic carbocycles. The summed E-state index contributed by atoms with van der Waals surface area (Å²) in [5, 5.41) is 15.5. The molecule has 1 saturated carbocycles. The van der Waals surface area contributed by atoms with Crippen molar-refractivity contribution in [3.05, 3.63) is 71.8 Å². The van der Waals surface area contributed by atoms with E-state index in [2.05, 4.69) is 10.6 Å². The summed E-state index contributed by atoms with van der Waals surface area (Å²) >= 11 is 0. The second kappa shape index (κ2) is 8.67. The molecule has 0 radical (unpaired) electrons. The van der Waals surface area contributed by atoms with E-state index >= 15 is 0 Å². The fourth-order valence-electron chi connectivity index (χ4n) is 3.50. The first-order valence-electron chi connectivity index (χ1n) is 9.04. The molecule has 4 nitrogen and oxygen atoms in total. The average Bonchev–Trinajstić information content (AvgIpc) is 2.68. The van der Waals surface area contributed by atoms with Gasteiger partial charge in [-0.2, -0.15) is 0 Å². The molecule has 0 aliphatic heterocycles. The number of hydrogen-bond acceptors (Lipinski definition) is 2. The summed E-state index contributed by atoms with van der Waals surface area (Å²) in [4.78, 5) is 12.5. The third-order valence-electron chi connectivity index (χ3n) is 4.98. The molecule has 1 fully saturated rings. The van der Waals surface area contributed by atoms with Crippen LogP contribution in [-0.4, -0.2) is 23.8 Å². The Morgan fingerprint density at radius 3 is 1.92 bits per heavy atom. The highest BCUT2D eigenvalue weighted by molar-refractivity contribution is 5.75. The molecule has 132 valence electrons. The van der Waals surface area contributed by atoms with Gasteiger partial charge >= 0.3 is 6.03 Å². The lowest BCUT2D eigenvalue weighted by molar-refractivity contribution is 0.174. The van der Waals surface area contributed by atoms with Crippen LogP contribution >= 0.6 is 0 Å². The third-order valence-corrected chi connectivity index (χ3v) is 4.98. The molecule has 0 spiro atoms. The van der Waals surface area contributed by atoms with Gasteiger partial charge in [0.1, 0.15) is 0 Å². The van der Waals surface area contributed by atoms with Crippen LogP contribution in [-0.2, 0) is 0 Å². The molecule has 2 amide bonds. The molecule has 4 heteroatoms. The Bertz CT molecular complexity index is 613. The van der Waals surface area contributed by atoms with Crippen LogP contribution in [0.25, 0.3) is 0 Å². The Morgan fingerprint density at radius 2 is 1.44 bits per heavy atom. The number of carbonyl (C=O) groups is 1. The van der Waals surface area contributed by atoms with E-state index in [1.54, 1.807) is 0 Å². The quantitative estimate of drug-likeness (QED) is 0.780. The Labute approximate surface area is 149 Å². The molecule has 25 heavy (non-hydrogen) atoms. The molecule has 0 atom stereocenters. The highest BCUT2D eigenvalue weighted by Gasteiger charge is 2.23. The zero-order valence-electron chi connectivity index (χ0n) is 14.4. The highest BCUT2D eigenvalue weighted by Crippen LogP contribution is 2.24. The van der Waals surface area contributed by atoms with E-state index in [0.717, 1.165) is 36.8 Å². The molecule has 3 N–H and O–H groups in total. The molecule has 0 aromatic heterocycles. The first kappa shape index (κ1) is 17.5. The maximum absolute atomic E-state index is 12.5. The number of amides is 2. The smallest absolute Gasteiger partial charge is 0.315 e. The summed E-state index contributed by atoms with van der Waals surface area (Å²) in [5.41, 5.74) is 2.13. The fourth-order valence-corrected chi connectivity index (χ4v) is 3.50. The van der Waals surface area contributed by atoms with Gasteiger partial charge in [0.25, 0.3) is 0 Å². The van der Waals surface area contributed by atoms with Crippen molar-refractivity contribution in [2.45, 2.75) is 37.8 Å². The standard InChI is InChI=1S/C21H26N2O2/c24-15-16-11-13-19(14-12-16)22-21(25)23-20(17-7-3-1-4-8-17)18-9-5-2-6-10-18/h1-10,16,19-20,24H,11-15H2,(H2,22,23,25). The summed E-state index contributed by atoms with van der Waals surface area (Å²) in [6.45, 7) is 0.253. The van der Waals surface area contributed by atoms with Crippen molar-refractivity contribution >= 4 is 6.03 Å². The van der Waals surface area contributed by atoms with Crippen molar-refractivity contribution in [1.82, 2.24) is 10.6 Å². The average molecular weight is 338 g/mol. The molecule has 0 unspecified atom stereocenters. The summed E-state index contributed by atoms with van der Waals surface area (Å²) in [6, 6.07) is 19.9. The molecular weight excluding hydrogens is 312 g/mol. The van der Waals surface area contributed by atoms with E-state index in [4.69, 9.17) is 0 Å². The van der Waals surface area contributed by atoms with Crippen LogP contribution in [0.4, 0.5) is 4.79 Å². The molecule has 0 heterocycles. The maximum atomic E-state index is 12.5. The van der Waals surface area contributed by atoms with Crippen LogP contribution < -0.4 is 10.6 Å². The second-order valence-electron chi connectivity index (χ2n) is 6.77. The number of hydrogen-bond donors (Lipinski definition) is 3. The van der Waals surface area contributed by atoms with Crippen LogP contribution in [0.2, 0.25) is 0 Å². The number of benzene rings is 2. The zero-order valence-corrected chi connectivity index (χ0v) is 14.4. The molecule has 2 aromatic rings. The number of aliphatic hydroxyl groups excluding tert-OH is 1. The molecule has 1 aliphatic rings. The van der Waals surface area contributed by atoms with Crippen molar-refractivity contribution < 1.29 is 9.90 Å². The van der Waals surface area contributed by atoms with Gasteiger partial charge in [-0.05, 0) is 42.7 Å². The number of aliphatic hydroxyl groups is 1. The Morgan fingerprint density at radius 1 is 0.920 bits per heavy atom. The van der Waals surface area contributed by atoms with Gasteiger partial charge in [-0.15, -0.1) is 0 Å². The predicted octanol–water partition coefficient (Wildman–Crippen LogP) is 3.63. The van der Waals surface area contributed by atoms with Gasteiger partial charge in [0.05, 0.1) is 6.04 Å². The predicted molar refractivity (Wildman–Crippen MR) is 99.2 cm³/mol. The van der Waals surface area contributed by atoms with Crippen LogP contribution in [0, 0.1) is 5.92 Å². The van der Waals surface area contributed by atoms with E-state index < -0.39 is 0 Å². The maximum Gasteiger partial charge on any atom is 0.315 e. The van der Waals surface area contributed by atoms with Gasteiger partial charge in [-0.3, -0.25) is 0 Å². The minimum absolute atomic E-state index is 0.134. The van der Waals surface area contributed by atoms with Crippen LogP contribution in [0.1, 0.15) is 42.9 Å². The van der Waals surface area contributed by atoms with E-state index in [1.165, 1.54) is 0 Å². The van der Waals surface area contributed by atoms with Gasteiger partial charge in [0, 0.05) is 12.6 Å². The lowest BCUT2D eigenvalue weighted by Crippen LogP contribution is -2.45. The van der Waals surface area contributed by atoms with E-state index in [1.807, 2.05) is 60.7 Å². The minimum atomic E-state index is -0.170. The molecular formula is C21H26N2O2. The van der Waals surface area contributed by atoms with Crippen molar-refractivity contribution in [2.24, 2.45) is 5.92 Å². The molecule has 1 aliphatic carbocycles. The summed E-state index contributed by atoms with van der Waals surface area (Å²) < 4.78 is 0. The van der Waals surface area contributed by atoms with E-state index in [0.29, 0.717) is 5.92 Å². The lowest BCUT2D eigenvalue weighted by Gasteiger charge is -2.29. The van der Waals surface area contributed by atoms with Gasteiger partial charge in [-0.1, -0.05) is 60.7 Å². The van der Waals surface area contributed by atoms with Crippen molar-refractivity contribution in [3.63, 3.8) is 0 Å². The number of rotatable bonds is 5. The second-order valence-corrected chi connectivity index (χ2v) is 6.77. The van der Waals surface area contributed by atoms with Crippen LogP contribution in [0.15, 0.2) is 60.7 Å².